The van der Waals surface area contributed by atoms with E-state index in [1.54, 1.807) is 0 Å². The summed E-state index contributed by atoms with van der Waals surface area (Å²) in [5.41, 5.74) is -0.0654. The van der Waals surface area contributed by atoms with Gasteiger partial charge >= 0.3 is 5.97 Å². The molecule has 0 fully saturated rings. The van der Waals surface area contributed by atoms with Crippen molar-refractivity contribution in [1.82, 2.24) is 0 Å². The summed E-state index contributed by atoms with van der Waals surface area (Å²) in [5.74, 6) is -1.11. The van der Waals surface area contributed by atoms with Crippen LogP contribution in [0.3, 0.4) is 0 Å². The minimum Gasteiger partial charge on any atom is -0.478 e. The Morgan fingerprint density at radius 3 is 2.59 bits per heavy atom. The van der Waals surface area contributed by atoms with Crippen molar-refractivity contribution < 1.29 is 14.8 Å². The van der Waals surface area contributed by atoms with Gasteiger partial charge in [-0.3, -0.25) is 10.1 Å². The maximum atomic E-state index is 11.1. The molecule has 0 saturated heterocycles. The first-order chi connectivity index (χ1) is 8.02. The van der Waals surface area contributed by atoms with Gasteiger partial charge in [-0.1, -0.05) is 22.0 Å². The molecule has 6 heteroatoms. The van der Waals surface area contributed by atoms with E-state index in [1.165, 1.54) is 30.3 Å². The van der Waals surface area contributed by atoms with Crippen LogP contribution in [0, 0.1) is 10.1 Å². The Morgan fingerprint density at radius 1 is 1.29 bits per heavy atom. The molecule has 2 aromatic carbocycles. The smallest absolute Gasteiger partial charge is 0.336 e. The number of non-ortho nitro benzene ring substituents is 1. The van der Waals surface area contributed by atoms with E-state index in [-0.39, 0.29) is 11.3 Å². The molecule has 0 bridgehead atoms. The van der Waals surface area contributed by atoms with Gasteiger partial charge in [0.15, 0.2) is 0 Å². The topological polar surface area (TPSA) is 80.4 Å². The van der Waals surface area contributed by atoms with Gasteiger partial charge in [0.1, 0.15) is 0 Å². The molecule has 2 rings (SSSR count). The van der Waals surface area contributed by atoms with E-state index in [0.717, 1.165) is 0 Å². The molecule has 1 N–H and O–H groups in total. The molecular formula is C11H6BrNO4. The molecule has 0 heterocycles. The predicted molar refractivity (Wildman–Crippen MR) is 65.3 cm³/mol. The van der Waals surface area contributed by atoms with Crippen LogP contribution in [0.1, 0.15) is 10.4 Å². The van der Waals surface area contributed by atoms with E-state index < -0.39 is 10.9 Å². The highest BCUT2D eigenvalue weighted by atomic mass is 79.9. The SMILES string of the molecule is O=C(O)c1cccc2c([N+](=O)[O-])ccc(Br)c12. The number of rotatable bonds is 2. The lowest BCUT2D eigenvalue weighted by molar-refractivity contribution is -0.383. The highest BCUT2D eigenvalue weighted by molar-refractivity contribution is 9.10. The molecule has 17 heavy (non-hydrogen) atoms. The summed E-state index contributed by atoms with van der Waals surface area (Å²) in [5, 5.41) is 20.5. The second kappa shape index (κ2) is 4.14. The Morgan fingerprint density at radius 2 is 2.00 bits per heavy atom. The van der Waals surface area contributed by atoms with Crippen LogP contribution in [0.2, 0.25) is 0 Å². The number of halogens is 1. The molecule has 0 saturated carbocycles. The van der Waals surface area contributed by atoms with Crippen LogP contribution < -0.4 is 0 Å². The highest BCUT2D eigenvalue weighted by Crippen LogP contribution is 2.33. The van der Waals surface area contributed by atoms with Crippen molar-refractivity contribution in [3.8, 4) is 0 Å². The van der Waals surface area contributed by atoms with Crippen LogP contribution >= 0.6 is 15.9 Å². The van der Waals surface area contributed by atoms with Crippen molar-refractivity contribution in [1.29, 1.82) is 0 Å². The minimum atomic E-state index is -1.11. The second-order valence-corrected chi connectivity index (χ2v) is 4.21. The minimum absolute atomic E-state index is 0.0399. The van der Waals surface area contributed by atoms with Crippen molar-refractivity contribution in [2.24, 2.45) is 0 Å². The monoisotopic (exact) mass is 295 g/mol. The molecule has 0 amide bonds. The summed E-state index contributed by atoms with van der Waals surface area (Å²) < 4.78 is 0.524. The number of fused-ring (bicyclic) bond motifs is 1. The molecule has 0 atom stereocenters. The zero-order valence-corrected chi connectivity index (χ0v) is 9.97. The molecule has 5 nitrogen and oxygen atoms in total. The van der Waals surface area contributed by atoms with Gasteiger partial charge in [0.05, 0.1) is 15.9 Å². The molecule has 0 aliphatic heterocycles. The maximum absolute atomic E-state index is 11.1. The molecule has 2 aromatic rings. The molecule has 0 aromatic heterocycles. The third-order valence-electron chi connectivity index (χ3n) is 2.39. The van der Waals surface area contributed by atoms with Gasteiger partial charge in [0.2, 0.25) is 0 Å². The third kappa shape index (κ3) is 1.87. The molecule has 0 radical (unpaired) electrons. The lowest BCUT2D eigenvalue weighted by atomic mass is 10.0. The van der Waals surface area contributed by atoms with Crippen LogP contribution in [-0.4, -0.2) is 16.0 Å². The fourth-order valence-corrected chi connectivity index (χ4v) is 2.25. The molecule has 0 aliphatic carbocycles. The van der Waals surface area contributed by atoms with Gasteiger partial charge in [-0.15, -0.1) is 0 Å². The van der Waals surface area contributed by atoms with Gasteiger partial charge in [-0.2, -0.15) is 0 Å². The predicted octanol–water partition coefficient (Wildman–Crippen LogP) is 3.21. The quantitative estimate of drug-likeness (QED) is 0.681. The average molecular weight is 296 g/mol. The van der Waals surface area contributed by atoms with Gasteiger partial charge in [0.25, 0.3) is 5.69 Å². The van der Waals surface area contributed by atoms with Gasteiger partial charge < -0.3 is 5.11 Å². The average Bonchev–Trinajstić information content (AvgIpc) is 2.28. The molecule has 0 aliphatic rings. The Balaban J connectivity index is 2.95. The Hall–Kier alpha value is -1.95. The van der Waals surface area contributed by atoms with E-state index >= 15 is 0 Å². The Bertz CT molecular complexity index is 639. The van der Waals surface area contributed by atoms with Crippen molar-refractivity contribution in [3.63, 3.8) is 0 Å². The first-order valence-electron chi connectivity index (χ1n) is 4.61. The second-order valence-electron chi connectivity index (χ2n) is 3.36. The van der Waals surface area contributed by atoms with Crippen LogP contribution in [0.4, 0.5) is 5.69 Å². The van der Waals surface area contributed by atoms with Crippen LogP contribution in [0.5, 0.6) is 0 Å². The lowest BCUT2D eigenvalue weighted by Crippen LogP contribution is -1.99. The third-order valence-corrected chi connectivity index (χ3v) is 3.05. The number of carboxylic acid groups (broad SMARTS) is 1. The van der Waals surface area contributed by atoms with Gasteiger partial charge in [-0.05, 0) is 18.2 Å². The molecule has 0 spiro atoms. The van der Waals surface area contributed by atoms with Crippen LogP contribution in [0.25, 0.3) is 10.8 Å². The van der Waals surface area contributed by atoms with E-state index in [2.05, 4.69) is 15.9 Å². The normalized spacial score (nSPS) is 10.4. The summed E-state index contributed by atoms with van der Waals surface area (Å²) >= 11 is 3.21. The number of nitrogens with zero attached hydrogens (tertiary/aromatic N) is 1. The number of aromatic carboxylic acids is 1. The maximum Gasteiger partial charge on any atom is 0.336 e. The Labute approximate surface area is 104 Å². The summed E-state index contributed by atoms with van der Waals surface area (Å²) in [4.78, 5) is 21.4. The van der Waals surface area contributed by atoms with Crippen molar-refractivity contribution in [2.75, 3.05) is 0 Å². The fraction of sp³-hybridized carbons (Fsp3) is 0. The zero-order chi connectivity index (χ0) is 12.6. The molecule has 0 unspecified atom stereocenters. The van der Waals surface area contributed by atoms with Crippen LogP contribution in [-0.2, 0) is 0 Å². The number of benzene rings is 2. The van der Waals surface area contributed by atoms with Gasteiger partial charge in [-0.25, -0.2) is 4.79 Å². The highest BCUT2D eigenvalue weighted by Gasteiger charge is 2.18. The van der Waals surface area contributed by atoms with E-state index in [9.17, 15) is 14.9 Å². The van der Waals surface area contributed by atoms with Crippen molar-refractivity contribution >= 4 is 38.4 Å². The van der Waals surface area contributed by atoms with Gasteiger partial charge in [0, 0.05) is 15.9 Å². The van der Waals surface area contributed by atoms with E-state index in [0.29, 0.717) is 15.2 Å². The lowest BCUT2D eigenvalue weighted by Gasteiger charge is -2.05. The van der Waals surface area contributed by atoms with Crippen LogP contribution in [0.15, 0.2) is 34.8 Å². The number of carbonyl (C=O) groups is 1. The number of hydrogen-bond acceptors (Lipinski definition) is 3. The number of nitro groups is 1. The standard InChI is InChI=1S/C11H6BrNO4/c12-8-4-5-9(13(16)17)6-2-1-3-7(10(6)8)11(14)15/h1-5H,(H,14,15). The summed E-state index contributed by atoms with van der Waals surface area (Å²) in [6.07, 6.45) is 0. The molecule has 86 valence electrons. The first-order valence-corrected chi connectivity index (χ1v) is 5.40. The zero-order valence-electron chi connectivity index (χ0n) is 8.38. The van der Waals surface area contributed by atoms with Crippen molar-refractivity contribution in [2.45, 2.75) is 0 Å². The van der Waals surface area contributed by atoms with Crippen molar-refractivity contribution in [3.05, 3.63) is 50.5 Å². The largest absolute Gasteiger partial charge is 0.478 e. The van der Waals surface area contributed by atoms with E-state index in [4.69, 9.17) is 5.11 Å². The number of hydrogen-bond donors (Lipinski definition) is 1. The number of carboxylic acids is 1. The Kier molecular flexibility index (Phi) is 2.81. The molecular weight excluding hydrogens is 290 g/mol. The first kappa shape index (κ1) is 11.5. The summed E-state index contributed by atoms with van der Waals surface area (Å²) in [6, 6.07) is 7.26. The summed E-state index contributed by atoms with van der Waals surface area (Å²) in [7, 11) is 0. The van der Waals surface area contributed by atoms with E-state index in [1.807, 2.05) is 0 Å². The number of nitro benzene ring substituents is 1. The summed E-state index contributed by atoms with van der Waals surface area (Å²) in [6.45, 7) is 0. The fourth-order valence-electron chi connectivity index (χ4n) is 1.69.